The Morgan fingerprint density at radius 3 is 2.08 bits per heavy atom. The fourth-order valence-corrected chi connectivity index (χ4v) is 5.42. The van der Waals surface area contributed by atoms with Crippen molar-refractivity contribution in [2.75, 3.05) is 4.90 Å². The highest BCUT2D eigenvalue weighted by Crippen LogP contribution is 2.41. The van der Waals surface area contributed by atoms with Crippen LogP contribution in [0.15, 0.2) is 142 Å². The van der Waals surface area contributed by atoms with Crippen molar-refractivity contribution in [3.63, 3.8) is 0 Å². The number of oxazole rings is 1. The van der Waals surface area contributed by atoms with Crippen LogP contribution in [0, 0.1) is 0 Å². The highest BCUT2D eigenvalue weighted by Gasteiger charge is 2.19. The summed E-state index contributed by atoms with van der Waals surface area (Å²) in [5.41, 5.74) is 7.26. The second-order valence-corrected chi connectivity index (χ2v) is 9.66. The molecule has 184 valence electrons. The van der Waals surface area contributed by atoms with E-state index in [0.29, 0.717) is 5.89 Å². The molecule has 0 saturated heterocycles. The van der Waals surface area contributed by atoms with Crippen molar-refractivity contribution < 1.29 is 8.83 Å². The molecular formula is C35H22N2O2. The summed E-state index contributed by atoms with van der Waals surface area (Å²) in [5, 5.41) is 4.36. The van der Waals surface area contributed by atoms with Gasteiger partial charge in [-0.2, -0.15) is 0 Å². The molecule has 0 N–H and O–H groups in total. The minimum atomic E-state index is 0.607. The van der Waals surface area contributed by atoms with Crippen LogP contribution in [0.1, 0.15) is 0 Å². The van der Waals surface area contributed by atoms with E-state index < -0.39 is 0 Å². The molecule has 2 heterocycles. The van der Waals surface area contributed by atoms with Gasteiger partial charge in [-0.05, 0) is 71.4 Å². The van der Waals surface area contributed by atoms with Gasteiger partial charge in [-0.25, -0.2) is 4.98 Å². The molecule has 0 aliphatic rings. The van der Waals surface area contributed by atoms with Crippen molar-refractivity contribution in [2.24, 2.45) is 0 Å². The quantitative estimate of drug-likeness (QED) is 0.240. The van der Waals surface area contributed by atoms with Crippen molar-refractivity contribution in [3.8, 4) is 11.5 Å². The van der Waals surface area contributed by atoms with Crippen LogP contribution in [0.2, 0.25) is 0 Å². The van der Waals surface area contributed by atoms with Gasteiger partial charge in [0.05, 0.1) is 5.39 Å². The average molecular weight is 503 g/mol. The Bertz CT molecular complexity index is 2130. The Morgan fingerprint density at radius 1 is 0.513 bits per heavy atom. The first-order valence-corrected chi connectivity index (χ1v) is 13.0. The first kappa shape index (κ1) is 21.7. The van der Waals surface area contributed by atoms with Gasteiger partial charge in [-0.3, -0.25) is 0 Å². The molecule has 39 heavy (non-hydrogen) atoms. The molecule has 8 rings (SSSR count). The molecule has 0 aliphatic heterocycles. The predicted octanol–water partition coefficient (Wildman–Crippen LogP) is 10.0. The van der Waals surface area contributed by atoms with E-state index in [1.807, 2.05) is 48.5 Å². The lowest BCUT2D eigenvalue weighted by Crippen LogP contribution is -2.09. The molecule has 0 bridgehead atoms. The van der Waals surface area contributed by atoms with Gasteiger partial charge >= 0.3 is 0 Å². The Kier molecular flexibility index (Phi) is 4.79. The minimum absolute atomic E-state index is 0.607. The average Bonchev–Trinajstić information content (AvgIpc) is 3.59. The summed E-state index contributed by atoms with van der Waals surface area (Å²) < 4.78 is 12.7. The normalized spacial score (nSPS) is 11.6. The second kappa shape index (κ2) is 8.61. The number of para-hydroxylation sites is 1. The van der Waals surface area contributed by atoms with Crippen molar-refractivity contribution in [1.29, 1.82) is 0 Å². The SMILES string of the molecule is c1ccc(-c2nc3ccc4oc5cc(N(c6ccccc6)c6ccc7ccccc7c6)ccc5c4c3o2)cc1. The Labute approximate surface area is 224 Å². The molecule has 0 amide bonds. The van der Waals surface area contributed by atoms with E-state index in [1.54, 1.807) is 0 Å². The molecule has 0 saturated carbocycles. The third-order valence-electron chi connectivity index (χ3n) is 7.26. The van der Waals surface area contributed by atoms with E-state index in [2.05, 4.69) is 89.8 Å². The lowest BCUT2D eigenvalue weighted by Gasteiger charge is -2.25. The molecule has 8 aromatic rings. The van der Waals surface area contributed by atoms with Gasteiger partial charge in [-0.15, -0.1) is 0 Å². The predicted molar refractivity (Wildman–Crippen MR) is 159 cm³/mol. The topological polar surface area (TPSA) is 42.4 Å². The van der Waals surface area contributed by atoms with Crippen LogP contribution < -0.4 is 4.90 Å². The van der Waals surface area contributed by atoms with Crippen molar-refractivity contribution in [2.45, 2.75) is 0 Å². The third kappa shape index (κ3) is 3.57. The van der Waals surface area contributed by atoms with Crippen LogP contribution in [-0.4, -0.2) is 4.98 Å². The van der Waals surface area contributed by atoms with Gasteiger partial charge in [0.2, 0.25) is 5.89 Å². The van der Waals surface area contributed by atoms with E-state index in [1.165, 1.54) is 10.8 Å². The Hall–Kier alpha value is -5.35. The molecule has 4 nitrogen and oxygen atoms in total. The number of anilines is 3. The van der Waals surface area contributed by atoms with E-state index in [-0.39, 0.29) is 0 Å². The number of hydrogen-bond donors (Lipinski definition) is 0. The zero-order chi connectivity index (χ0) is 25.8. The van der Waals surface area contributed by atoms with Gasteiger partial charge in [0, 0.05) is 34.1 Å². The van der Waals surface area contributed by atoms with E-state index in [4.69, 9.17) is 13.8 Å². The van der Waals surface area contributed by atoms with E-state index >= 15 is 0 Å². The highest BCUT2D eigenvalue weighted by atomic mass is 16.4. The Balaban J connectivity index is 1.31. The molecule has 0 aliphatic carbocycles. The number of nitrogens with zero attached hydrogens (tertiary/aromatic N) is 2. The van der Waals surface area contributed by atoms with Gasteiger partial charge in [0.25, 0.3) is 0 Å². The van der Waals surface area contributed by atoms with Crippen LogP contribution >= 0.6 is 0 Å². The van der Waals surface area contributed by atoms with Crippen molar-refractivity contribution in [3.05, 3.63) is 133 Å². The van der Waals surface area contributed by atoms with Crippen LogP contribution in [0.25, 0.3) is 55.3 Å². The fraction of sp³-hybridized carbons (Fsp3) is 0. The zero-order valence-corrected chi connectivity index (χ0v) is 20.9. The number of hydrogen-bond acceptors (Lipinski definition) is 4. The van der Waals surface area contributed by atoms with Crippen LogP contribution in [-0.2, 0) is 0 Å². The minimum Gasteiger partial charge on any atom is -0.456 e. The highest BCUT2D eigenvalue weighted by molar-refractivity contribution is 6.17. The lowest BCUT2D eigenvalue weighted by atomic mass is 10.1. The number of aromatic nitrogens is 1. The lowest BCUT2D eigenvalue weighted by molar-refractivity contribution is 0.622. The smallest absolute Gasteiger partial charge is 0.227 e. The molecule has 0 spiro atoms. The van der Waals surface area contributed by atoms with Crippen molar-refractivity contribution >= 4 is 60.9 Å². The first-order chi connectivity index (χ1) is 19.3. The monoisotopic (exact) mass is 502 g/mol. The fourth-order valence-electron chi connectivity index (χ4n) is 5.42. The molecule has 0 fully saturated rings. The van der Waals surface area contributed by atoms with Gasteiger partial charge in [0.1, 0.15) is 16.7 Å². The summed E-state index contributed by atoms with van der Waals surface area (Å²) >= 11 is 0. The van der Waals surface area contributed by atoms with E-state index in [0.717, 1.165) is 55.7 Å². The van der Waals surface area contributed by atoms with Gasteiger partial charge in [-0.1, -0.05) is 66.7 Å². The largest absolute Gasteiger partial charge is 0.456 e. The summed E-state index contributed by atoms with van der Waals surface area (Å²) in [4.78, 5) is 7.01. The summed E-state index contributed by atoms with van der Waals surface area (Å²) in [6, 6.07) is 45.7. The molecule has 0 unspecified atom stereocenters. The summed E-state index contributed by atoms with van der Waals surface area (Å²) in [7, 11) is 0. The summed E-state index contributed by atoms with van der Waals surface area (Å²) in [6.07, 6.45) is 0. The molecule has 2 aromatic heterocycles. The first-order valence-electron chi connectivity index (χ1n) is 13.0. The van der Waals surface area contributed by atoms with Crippen molar-refractivity contribution in [1.82, 2.24) is 4.98 Å². The number of rotatable bonds is 4. The molecule has 6 aromatic carbocycles. The maximum atomic E-state index is 6.39. The van der Waals surface area contributed by atoms with Crippen LogP contribution in [0.5, 0.6) is 0 Å². The van der Waals surface area contributed by atoms with Crippen LogP contribution in [0.3, 0.4) is 0 Å². The number of furan rings is 1. The Morgan fingerprint density at radius 2 is 1.23 bits per heavy atom. The standard InChI is InChI=1S/C35H22N2O2/c1-3-10-24(11-4-1)35-36-30-19-20-31-33(34(30)39-35)29-18-17-28(22-32(29)38-31)37(26-13-5-2-6-14-26)27-16-15-23-9-7-8-12-25(23)21-27/h1-22H. The van der Waals surface area contributed by atoms with Crippen LogP contribution in [0.4, 0.5) is 17.1 Å². The molecular weight excluding hydrogens is 480 g/mol. The van der Waals surface area contributed by atoms with E-state index in [9.17, 15) is 0 Å². The second-order valence-electron chi connectivity index (χ2n) is 9.66. The number of benzene rings is 6. The summed E-state index contributed by atoms with van der Waals surface area (Å²) in [6.45, 7) is 0. The molecule has 4 heteroatoms. The number of fused-ring (bicyclic) bond motifs is 6. The summed E-state index contributed by atoms with van der Waals surface area (Å²) in [5.74, 6) is 0.607. The maximum absolute atomic E-state index is 6.39. The maximum Gasteiger partial charge on any atom is 0.227 e. The zero-order valence-electron chi connectivity index (χ0n) is 20.9. The third-order valence-corrected chi connectivity index (χ3v) is 7.26. The molecule has 0 atom stereocenters. The van der Waals surface area contributed by atoms with Gasteiger partial charge in [0.15, 0.2) is 5.58 Å². The molecule has 0 radical (unpaired) electrons. The van der Waals surface area contributed by atoms with Gasteiger partial charge < -0.3 is 13.7 Å².